The van der Waals surface area contributed by atoms with E-state index in [2.05, 4.69) is 30.0 Å². The summed E-state index contributed by atoms with van der Waals surface area (Å²) < 4.78 is 40.9. The molecular weight excluding hydrogens is 353 g/mol. The smallest absolute Gasteiger partial charge is 0.406 e. The number of alkyl halides is 3. The number of nitrogens with one attached hydrogen (secondary N) is 1. The van der Waals surface area contributed by atoms with Gasteiger partial charge in [-0.3, -0.25) is 0 Å². The minimum Gasteiger partial charge on any atom is -0.406 e. The number of allylic oxidation sites excluding steroid dienone is 4. The molecule has 2 rings (SSSR count). The number of rotatable bonds is 6. The molecule has 0 spiro atoms. The van der Waals surface area contributed by atoms with Gasteiger partial charge < -0.3 is 15.0 Å². The summed E-state index contributed by atoms with van der Waals surface area (Å²) in [5, 5.41) is 3.40. The van der Waals surface area contributed by atoms with Gasteiger partial charge in [0, 0.05) is 18.4 Å². The van der Waals surface area contributed by atoms with Crippen molar-refractivity contribution in [2.45, 2.75) is 46.4 Å². The third-order valence-electron chi connectivity index (χ3n) is 5.15. The number of benzene rings is 1. The Morgan fingerprint density at radius 1 is 1.19 bits per heavy atom. The van der Waals surface area contributed by atoms with Gasteiger partial charge in [0.2, 0.25) is 0 Å². The van der Waals surface area contributed by atoms with Gasteiger partial charge in [0.05, 0.1) is 0 Å². The fraction of sp³-hybridized carbons (Fsp3) is 0.524. The minimum atomic E-state index is -4.67. The predicted octanol–water partition coefficient (Wildman–Crippen LogP) is 5.65. The summed E-state index contributed by atoms with van der Waals surface area (Å²) in [6.07, 6.45) is 0.827. The van der Waals surface area contributed by atoms with E-state index >= 15 is 0 Å². The van der Waals surface area contributed by atoms with Gasteiger partial charge in [0.15, 0.2) is 0 Å². The average molecular weight is 382 g/mol. The zero-order chi connectivity index (χ0) is 20.0. The van der Waals surface area contributed by atoms with Gasteiger partial charge in [-0.2, -0.15) is 0 Å². The molecule has 1 fully saturated rings. The molecule has 0 bridgehead atoms. The van der Waals surface area contributed by atoms with E-state index in [4.69, 9.17) is 0 Å². The summed E-state index contributed by atoms with van der Waals surface area (Å²) in [4.78, 5) is 1.99. The number of piperidine rings is 1. The lowest BCUT2D eigenvalue weighted by molar-refractivity contribution is -0.274. The molecule has 0 amide bonds. The molecule has 0 aliphatic carbocycles. The molecule has 6 heteroatoms. The maximum atomic E-state index is 12.3. The molecule has 1 heterocycles. The lowest BCUT2D eigenvalue weighted by Crippen LogP contribution is -2.29. The molecule has 27 heavy (non-hydrogen) atoms. The van der Waals surface area contributed by atoms with Gasteiger partial charge >= 0.3 is 6.36 Å². The maximum absolute atomic E-state index is 12.3. The van der Waals surface area contributed by atoms with Crippen molar-refractivity contribution in [1.82, 2.24) is 5.32 Å². The quantitative estimate of drug-likeness (QED) is 0.643. The van der Waals surface area contributed by atoms with E-state index < -0.39 is 6.36 Å². The van der Waals surface area contributed by atoms with Gasteiger partial charge in [0.1, 0.15) is 5.75 Å². The van der Waals surface area contributed by atoms with Crippen LogP contribution in [0.15, 0.2) is 47.2 Å². The van der Waals surface area contributed by atoms with Crippen LogP contribution in [0.25, 0.3) is 0 Å². The Bertz CT molecular complexity index is 672. The van der Waals surface area contributed by atoms with E-state index in [1.54, 1.807) is 12.1 Å². The Morgan fingerprint density at radius 3 is 2.30 bits per heavy atom. The van der Waals surface area contributed by atoms with Crippen LogP contribution in [0.5, 0.6) is 5.75 Å². The maximum Gasteiger partial charge on any atom is 0.573 e. The van der Waals surface area contributed by atoms with Crippen molar-refractivity contribution in [3.63, 3.8) is 0 Å². The van der Waals surface area contributed by atoms with Crippen LogP contribution in [-0.4, -0.2) is 26.5 Å². The Labute approximate surface area is 159 Å². The Balaban J connectivity index is 2.19. The molecule has 1 aromatic rings. The number of ether oxygens (including phenoxy) is 1. The number of hydrogen-bond donors (Lipinski definition) is 1. The topological polar surface area (TPSA) is 24.5 Å². The molecule has 1 saturated heterocycles. The molecule has 0 atom stereocenters. The largest absolute Gasteiger partial charge is 0.573 e. The molecule has 3 nitrogen and oxygen atoms in total. The van der Waals surface area contributed by atoms with Crippen LogP contribution < -0.4 is 15.0 Å². The molecule has 1 N–H and O–H groups in total. The molecule has 150 valence electrons. The van der Waals surface area contributed by atoms with Gasteiger partial charge in [0.25, 0.3) is 0 Å². The second-order valence-corrected chi connectivity index (χ2v) is 7.00. The Kier molecular flexibility index (Phi) is 7.36. The number of hydrogen-bond acceptors (Lipinski definition) is 3. The van der Waals surface area contributed by atoms with Crippen LogP contribution >= 0.6 is 0 Å². The SMILES string of the molecule is CC/C(C)=C(/C=C(/C)N(C)c1ccc(OC(F)(F)F)cc1)C1CCNCC1. The summed E-state index contributed by atoms with van der Waals surface area (Å²) in [5.41, 5.74) is 4.65. The number of anilines is 1. The first kappa shape index (κ1) is 21.4. The van der Waals surface area contributed by atoms with Crippen molar-refractivity contribution in [3.8, 4) is 5.75 Å². The fourth-order valence-electron chi connectivity index (χ4n) is 3.32. The Hall–Kier alpha value is -1.95. The molecule has 0 aromatic heterocycles. The molecule has 1 aliphatic rings. The van der Waals surface area contributed by atoms with E-state index in [1.165, 1.54) is 23.3 Å². The summed E-state index contributed by atoms with van der Waals surface area (Å²) in [6.45, 7) is 8.46. The van der Waals surface area contributed by atoms with Gasteiger partial charge in [-0.1, -0.05) is 12.5 Å². The zero-order valence-electron chi connectivity index (χ0n) is 16.5. The predicted molar refractivity (Wildman–Crippen MR) is 104 cm³/mol. The van der Waals surface area contributed by atoms with Crippen LogP contribution in [0.1, 0.15) is 40.0 Å². The average Bonchev–Trinajstić information content (AvgIpc) is 2.64. The monoisotopic (exact) mass is 382 g/mol. The van der Waals surface area contributed by atoms with Crippen LogP contribution in [0, 0.1) is 5.92 Å². The third kappa shape index (κ3) is 6.31. The van der Waals surface area contributed by atoms with Crippen LogP contribution in [0.2, 0.25) is 0 Å². The first-order valence-corrected chi connectivity index (χ1v) is 9.39. The van der Waals surface area contributed by atoms with E-state index in [0.29, 0.717) is 5.92 Å². The molecule has 0 radical (unpaired) electrons. The molecule has 0 unspecified atom stereocenters. The van der Waals surface area contributed by atoms with Crippen molar-refractivity contribution >= 4 is 5.69 Å². The van der Waals surface area contributed by atoms with E-state index in [0.717, 1.165) is 43.7 Å². The summed E-state index contributed by atoms with van der Waals surface area (Å²) in [7, 11) is 1.92. The van der Waals surface area contributed by atoms with Crippen molar-refractivity contribution in [1.29, 1.82) is 0 Å². The number of nitrogens with zero attached hydrogens (tertiary/aromatic N) is 1. The Morgan fingerprint density at radius 2 is 1.78 bits per heavy atom. The second kappa shape index (κ2) is 9.31. The molecule has 1 aromatic carbocycles. The second-order valence-electron chi connectivity index (χ2n) is 7.00. The highest BCUT2D eigenvalue weighted by Crippen LogP contribution is 2.30. The van der Waals surface area contributed by atoms with Crippen molar-refractivity contribution in [3.05, 3.63) is 47.2 Å². The van der Waals surface area contributed by atoms with Crippen LogP contribution in [0.3, 0.4) is 0 Å². The highest BCUT2D eigenvalue weighted by atomic mass is 19.4. The summed E-state index contributed by atoms with van der Waals surface area (Å²) in [6, 6.07) is 5.96. The fourth-order valence-corrected chi connectivity index (χ4v) is 3.32. The van der Waals surface area contributed by atoms with E-state index in [9.17, 15) is 13.2 Å². The molecule has 0 saturated carbocycles. The van der Waals surface area contributed by atoms with Crippen molar-refractivity contribution < 1.29 is 17.9 Å². The number of halogens is 3. The van der Waals surface area contributed by atoms with Crippen LogP contribution in [-0.2, 0) is 0 Å². The standard InChI is InChI=1S/C21H29F3N2O/c1-5-15(2)20(17-10-12-25-13-11-17)14-16(3)26(4)18-6-8-19(9-7-18)27-21(22,23)24/h6-9,14,17,25H,5,10-13H2,1-4H3/b16-14-,20-15-. The lowest BCUT2D eigenvalue weighted by atomic mass is 9.86. The van der Waals surface area contributed by atoms with Gasteiger partial charge in [-0.05, 0) is 88.0 Å². The van der Waals surface area contributed by atoms with Crippen molar-refractivity contribution in [2.75, 3.05) is 25.0 Å². The first-order chi connectivity index (χ1) is 12.7. The highest BCUT2D eigenvalue weighted by molar-refractivity contribution is 5.54. The molecule has 1 aliphatic heterocycles. The molecular formula is C21H29F3N2O. The summed E-state index contributed by atoms with van der Waals surface area (Å²) >= 11 is 0. The van der Waals surface area contributed by atoms with E-state index in [1.807, 2.05) is 18.9 Å². The minimum absolute atomic E-state index is 0.210. The highest BCUT2D eigenvalue weighted by Gasteiger charge is 2.31. The van der Waals surface area contributed by atoms with Crippen LogP contribution in [0.4, 0.5) is 18.9 Å². The van der Waals surface area contributed by atoms with Gasteiger partial charge in [-0.25, -0.2) is 0 Å². The zero-order valence-corrected chi connectivity index (χ0v) is 16.5. The lowest BCUT2D eigenvalue weighted by Gasteiger charge is -2.27. The third-order valence-corrected chi connectivity index (χ3v) is 5.15. The first-order valence-electron chi connectivity index (χ1n) is 9.39. The normalized spacial score (nSPS) is 17.5. The summed E-state index contributed by atoms with van der Waals surface area (Å²) in [5.74, 6) is 0.343. The van der Waals surface area contributed by atoms with Crippen molar-refractivity contribution in [2.24, 2.45) is 5.92 Å². The van der Waals surface area contributed by atoms with E-state index in [-0.39, 0.29) is 5.75 Å². The van der Waals surface area contributed by atoms with Gasteiger partial charge in [-0.15, -0.1) is 13.2 Å².